The molecule has 3 aromatic carbocycles. The molecule has 0 saturated carbocycles. The molecule has 11 nitrogen and oxygen atoms in total. The Hall–Kier alpha value is -5.55. The molecule has 0 aliphatic heterocycles. The van der Waals surface area contributed by atoms with Gasteiger partial charge in [-0.15, -0.1) is 0 Å². The molecule has 5 rings (SSSR count). The summed E-state index contributed by atoms with van der Waals surface area (Å²) in [6.45, 7) is 7.19. The van der Waals surface area contributed by atoms with E-state index in [1.165, 1.54) is 13.2 Å². The highest BCUT2D eigenvalue weighted by Gasteiger charge is 2.23. The van der Waals surface area contributed by atoms with E-state index in [-0.39, 0.29) is 23.6 Å². The zero-order chi connectivity index (χ0) is 33.1. The highest BCUT2D eigenvalue weighted by atomic mass is 16.5. The minimum absolute atomic E-state index is 0.0258. The first-order valence-corrected chi connectivity index (χ1v) is 14.8. The molecule has 0 spiro atoms. The largest absolute Gasteiger partial charge is 0.480 e. The minimum atomic E-state index is -0.968. The Morgan fingerprint density at radius 2 is 1.70 bits per heavy atom. The van der Waals surface area contributed by atoms with Crippen molar-refractivity contribution in [1.29, 1.82) is 0 Å². The van der Waals surface area contributed by atoms with Crippen molar-refractivity contribution in [2.75, 3.05) is 17.7 Å². The van der Waals surface area contributed by atoms with Crippen LogP contribution in [0.5, 0.6) is 5.88 Å². The number of pyridine rings is 2. The van der Waals surface area contributed by atoms with Crippen LogP contribution in [-0.2, 0) is 17.8 Å². The van der Waals surface area contributed by atoms with E-state index in [0.29, 0.717) is 29.1 Å². The van der Waals surface area contributed by atoms with Crippen LogP contribution in [0, 0.1) is 13.8 Å². The molecule has 0 bridgehead atoms. The third kappa shape index (κ3) is 6.31. The third-order valence-corrected chi connectivity index (χ3v) is 7.93. The van der Waals surface area contributed by atoms with Crippen LogP contribution in [0.2, 0.25) is 0 Å². The monoisotopic (exact) mass is 620 g/mol. The Morgan fingerprint density at radius 3 is 2.39 bits per heavy atom. The summed E-state index contributed by atoms with van der Waals surface area (Å²) >= 11 is 0. The fourth-order valence-electron chi connectivity index (χ4n) is 5.32. The van der Waals surface area contributed by atoms with E-state index in [0.717, 1.165) is 38.6 Å². The molecule has 1 unspecified atom stereocenters. The second kappa shape index (κ2) is 13.2. The Bertz CT molecular complexity index is 2010. The smallest absolute Gasteiger partial charge is 0.254 e. The maximum Gasteiger partial charge on any atom is 0.254 e. The van der Waals surface area contributed by atoms with Crippen molar-refractivity contribution in [2.24, 2.45) is 5.73 Å². The van der Waals surface area contributed by atoms with Crippen molar-refractivity contribution >= 4 is 56.6 Å². The molecule has 46 heavy (non-hydrogen) atoms. The van der Waals surface area contributed by atoms with Crippen LogP contribution in [0.3, 0.4) is 0 Å². The number of aliphatic hydroxyl groups excluding tert-OH is 1. The normalized spacial score (nSPS) is 11.7. The van der Waals surface area contributed by atoms with E-state index in [2.05, 4.69) is 33.9 Å². The van der Waals surface area contributed by atoms with Gasteiger partial charge in [0.2, 0.25) is 11.8 Å². The average molecular weight is 621 g/mol. The number of carbonyl (C=O) groups is 3. The molecule has 2 heterocycles. The Labute approximate surface area is 266 Å². The number of carbonyl (C=O) groups excluding carboxylic acids is 3. The van der Waals surface area contributed by atoms with Gasteiger partial charge in [-0.25, -0.2) is 9.97 Å². The average Bonchev–Trinajstić information content (AvgIpc) is 3.05. The number of para-hydroxylation sites is 1. The molecular weight excluding hydrogens is 584 g/mol. The molecule has 0 aliphatic rings. The summed E-state index contributed by atoms with van der Waals surface area (Å²) in [5, 5.41) is 20.9. The van der Waals surface area contributed by atoms with E-state index in [1.807, 2.05) is 43.3 Å². The van der Waals surface area contributed by atoms with Gasteiger partial charge in [0.1, 0.15) is 11.6 Å². The lowest BCUT2D eigenvalue weighted by atomic mass is 10.0. The first-order valence-electron chi connectivity index (χ1n) is 14.8. The van der Waals surface area contributed by atoms with Crippen LogP contribution < -0.4 is 26.4 Å². The van der Waals surface area contributed by atoms with Crippen LogP contribution in [0.1, 0.15) is 56.9 Å². The van der Waals surface area contributed by atoms with Crippen molar-refractivity contribution < 1.29 is 24.2 Å². The number of benzene rings is 3. The Morgan fingerprint density at radius 1 is 0.957 bits per heavy atom. The molecule has 0 aliphatic carbocycles. The van der Waals surface area contributed by atoms with Gasteiger partial charge in [-0.05, 0) is 74.2 Å². The van der Waals surface area contributed by atoms with Crippen molar-refractivity contribution in [1.82, 2.24) is 15.3 Å². The lowest BCUT2D eigenvalue weighted by molar-refractivity contribution is -0.117. The molecule has 1 atom stereocenters. The van der Waals surface area contributed by atoms with Crippen LogP contribution in [0.4, 0.5) is 17.1 Å². The highest BCUT2D eigenvalue weighted by molar-refractivity contribution is 6.10. The van der Waals surface area contributed by atoms with Crippen molar-refractivity contribution in [3.05, 3.63) is 94.2 Å². The summed E-state index contributed by atoms with van der Waals surface area (Å²) < 4.78 is 5.15. The Kier molecular flexibility index (Phi) is 9.15. The first kappa shape index (κ1) is 31.9. The summed E-state index contributed by atoms with van der Waals surface area (Å²) in [5.41, 5.74) is 12.4. The van der Waals surface area contributed by atoms with Gasteiger partial charge >= 0.3 is 0 Å². The number of aromatic nitrogens is 2. The van der Waals surface area contributed by atoms with Gasteiger partial charge in [0, 0.05) is 22.1 Å². The predicted molar refractivity (Wildman–Crippen MR) is 179 cm³/mol. The van der Waals surface area contributed by atoms with Gasteiger partial charge in [-0.1, -0.05) is 37.3 Å². The van der Waals surface area contributed by atoms with Crippen LogP contribution in [-0.4, -0.2) is 45.9 Å². The van der Waals surface area contributed by atoms with Crippen LogP contribution >= 0.6 is 0 Å². The summed E-state index contributed by atoms with van der Waals surface area (Å²) in [6, 6.07) is 17.5. The number of nitrogens with one attached hydrogen (secondary N) is 3. The molecule has 3 amide bonds. The lowest BCUT2D eigenvalue weighted by Gasteiger charge is -2.18. The SMILES string of the molecule is CCc1nc(OC)c(C(N)=O)cc1C(=O)NC(C)C(=O)Nc1cc(CO)cc(Nc2c3ccccc3nc3c(C)c(C)ccc23)c1. The van der Waals surface area contributed by atoms with Gasteiger partial charge in [0.05, 0.1) is 41.7 Å². The van der Waals surface area contributed by atoms with Crippen LogP contribution in [0.25, 0.3) is 21.8 Å². The summed E-state index contributed by atoms with van der Waals surface area (Å²) in [6.07, 6.45) is 0.379. The van der Waals surface area contributed by atoms with E-state index < -0.39 is 23.8 Å². The number of primary amides is 1. The number of nitrogens with zero attached hydrogens (tertiary/aromatic N) is 2. The van der Waals surface area contributed by atoms with E-state index in [9.17, 15) is 19.5 Å². The van der Waals surface area contributed by atoms with Crippen molar-refractivity contribution in [3.8, 4) is 5.88 Å². The van der Waals surface area contributed by atoms with Gasteiger partial charge < -0.3 is 31.5 Å². The summed E-state index contributed by atoms with van der Waals surface area (Å²) in [4.78, 5) is 47.6. The van der Waals surface area contributed by atoms with Gasteiger partial charge in [-0.3, -0.25) is 14.4 Å². The first-order chi connectivity index (χ1) is 22.0. The lowest BCUT2D eigenvalue weighted by Crippen LogP contribution is -2.42. The number of amides is 3. The zero-order valence-electron chi connectivity index (χ0n) is 26.3. The number of ether oxygens (including phenoxy) is 1. The van der Waals surface area contributed by atoms with E-state index in [4.69, 9.17) is 15.5 Å². The maximum absolute atomic E-state index is 13.3. The molecule has 236 valence electrons. The molecule has 6 N–H and O–H groups in total. The number of hydrogen-bond donors (Lipinski definition) is 5. The fraction of sp³-hybridized carbons (Fsp3) is 0.229. The molecule has 0 fully saturated rings. The number of methoxy groups -OCH3 is 1. The number of aryl methyl sites for hydroxylation is 3. The summed E-state index contributed by atoms with van der Waals surface area (Å²) in [5.74, 6) is -1.85. The molecule has 0 saturated heterocycles. The number of anilines is 3. The van der Waals surface area contributed by atoms with Gasteiger partial charge in [-0.2, -0.15) is 0 Å². The topological polar surface area (TPSA) is 169 Å². The maximum atomic E-state index is 13.3. The summed E-state index contributed by atoms with van der Waals surface area (Å²) in [7, 11) is 1.36. The van der Waals surface area contributed by atoms with E-state index >= 15 is 0 Å². The molecule has 11 heteroatoms. The van der Waals surface area contributed by atoms with Crippen LogP contribution in [0.15, 0.2) is 60.7 Å². The number of aliphatic hydroxyl groups is 1. The minimum Gasteiger partial charge on any atom is -0.480 e. The molecular formula is C35H36N6O5. The molecule has 2 aromatic heterocycles. The van der Waals surface area contributed by atoms with Crippen molar-refractivity contribution in [3.63, 3.8) is 0 Å². The number of nitrogens with two attached hydrogens (primary N) is 1. The third-order valence-electron chi connectivity index (χ3n) is 7.93. The number of fused-ring (bicyclic) bond motifs is 2. The zero-order valence-corrected chi connectivity index (χ0v) is 26.3. The highest BCUT2D eigenvalue weighted by Crippen LogP contribution is 2.36. The second-order valence-electron chi connectivity index (χ2n) is 11.1. The van der Waals surface area contributed by atoms with Gasteiger partial charge in [0.15, 0.2) is 0 Å². The predicted octanol–water partition coefficient (Wildman–Crippen LogP) is 5.06. The number of rotatable bonds is 10. The van der Waals surface area contributed by atoms with Gasteiger partial charge in [0.25, 0.3) is 11.8 Å². The van der Waals surface area contributed by atoms with Crippen molar-refractivity contribution in [2.45, 2.75) is 46.8 Å². The molecule has 5 aromatic rings. The second-order valence-corrected chi connectivity index (χ2v) is 11.1. The number of hydrogen-bond acceptors (Lipinski definition) is 8. The van der Waals surface area contributed by atoms with E-state index in [1.54, 1.807) is 26.0 Å². The Balaban J connectivity index is 1.42. The molecule has 0 radical (unpaired) electrons. The quantitative estimate of drug-likeness (QED) is 0.135. The fourth-order valence-corrected chi connectivity index (χ4v) is 5.32. The standard InChI is InChI=1S/C35H36N6O5/c1-6-28-26(16-27(32(36)43)35(41-28)46-5)34(45)37-20(4)33(44)39-23-14-21(17-42)13-22(15-23)38-31-24-9-7-8-10-29(24)40-30-19(3)18(2)11-12-25(30)31/h7-16,20,42H,6,17H2,1-5H3,(H2,36,43)(H,37,45)(H,38,40)(H,39,44).